The molecule has 1 aliphatic rings. The maximum Gasteiger partial charge on any atom is 0.336 e. The molecule has 3 rings (SSSR count). The van der Waals surface area contributed by atoms with Crippen LogP contribution >= 0.6 is 11.6 Å². The van der Waals surface area contributed by atoms with Crippen molar-refractivity contribution < 1.29 is 23.1 Å². The molecule has 0 radical (unpaired) electrons. The van der Waals surface area contributed by atoms with Crippen molar-refractivity contribution >= 4 is 23.5 Å². The highest BCUT2D eigenvalue weighted by atomic mass is 35.5. The molecule has 0 spiro atoms. The van der Waals surface area contributed by atoms with Gasteiger partial charge in [0.25, 0.3) is 0 Å². The van der Waals surface area contributed by atoms with Gasteiger partial charge in [0.15, 0.2) is 0 Å². The Morgan fingerprint density at radius 1 is 1.30 bits per heavy atom. The number of hydrogen-bond donors (Lipinski definition) is 0. The third-order valence-corrected chi connectivity index (χ3v) is 5.20. The molecule has 1 unspecified atom stereocenters. The molecule has 4 nitrogen and oxygen atoms in total. The van der Waals surface area contributed by atoms with Crippen LogP contribution in [0.5, 0.6) is 0 Å². The number of esters is 1. The molecular formula is C23H20ClF2NO3. The third kappa shape index (κ3) is 4.60. The first-order valence-electron chi connectivity index (χ1n) is 9.30. The summed E-state index contributed by atoms with van der Waals surface area (Å²) in [6.07, 6.45) is 1.43. The number of carbonyl (C=O) groups excluding carboxylic acids is 2. The number of rotatable bonds is 6. The van der Waals surface area contributed by atoms with Gasteiger partial charge in [-0.2, -0.15) is 0 Å². The van der Waals surface area contributed by atoms with Gasteiger partial charge < -0.3 is 9.64 Å². The van der Waals surface area contributed by atoms with Gasteiger partial charge >= 0.3 is 5.97 Å². The van der Waals surface area contributed by atoms with Gasteiger partial charge in [-0.25, -0.2) is 13.6 Å². The molecule has 0 aromatic heterocycles. The van der Waals surface area contributed by atoms with Gasteiger partial charge in [0.2, 0.25) is 5.91 Å². The molecule has 0 aliphatic carbocycles. The first-order valence-corrected chi connectivity index (χ1v) is 9.68. The lowest BCUT2D eigenvalue weighted by molar-refractivity contribution is -0.139. The van der Waals surface area contributed by atoms with Crippen LogP contribution in [-0.4, -0.2) is 23.4 Å². The van der Waals surface area contributed by atoms with Gasteiger partial charge in [-0.15, -0.1) is 0 Å². The topological polar surface area (TPSA) is 46.6 Å². The fourth-order valence-corrected chi connectivity index (χ4v) is 3.71. The zero-order valence-corrected chi connectivity index (χ0v) is 17.1. The summed E-state index contributed by atoms with van der Waals surface area (Å²) in [5.74, 6) is -2.90. The molecule has 1 heterocycles. The van der Waals surface area contributed by atoms with E-state index in [1.165, 1.54) is 17.0 Å². The molecule has 2 aromatic carbocycles. The van der Waals surface area contributed by atoms with Crippen molar-refractivity contribution in [1.29, 1.82) is 0 Å². The van der Waals surface area contributed by atoms with Crippen LogP contribution < -0.4 is 0 Å². The number of halogens is 3. The molecule has 0 fully saturated rings. The van der Waals surface area contributed by atoms with E-state index in [4.69, 9.17) is 16.3 Å². The maximum absolute atomic E-state index is 14.2. The van der Waals surface area contributed by atoms with Gasteiger partial charge in [-0.05, 0) is 30.7 Å². The monoisotopic (exact) mass is 431 g/mol. The highest BCUT2D eigenvalue weighted by Gasteiger charge is 2.37. The first-order chi connectivity index (χ1) is 14.3. The number of allylic oxidation sites excluding steroid dienone is 1. The normalized spacial score (nSPS) is 16.6. The minimum atomic E-state index is -0.761. The van der Waals surface area contributed by atoms with Gasteiger partial charge in [-0.1, -0.05) is 42.5 Å². The van der Waals surface area contributed by atoms with E-state index in [0.29, 0.717) is 21.9 Å². The van der Waals surface area contributed by atoms with Gasteiger partial charge in [0, 0.05) is 34.7 Å². The molecule has 0 saturated carbocycles. The maximum atomic E-state index is 14.2. The van der Waals surface area contributed by atoms with Crippen molar-refractivity contribution in [3.63, 3.8) is 0 Å². The van der Waals surface area contributed by atoms with Crippen LogP contribution in [0.15, 0.2) is 66.4 Å². The molecule has 2 aromatic rings. The van der Waals surface area contributed by atoms with Crippen molar-refractivity contribution in [2.24, 2.45) is 0 Å². The Morgan fingerprint density at radius 3 is 2.73 bits per heavy atom. The second kappa shape index (κ2) is 9.22. The Morgan fingerprint density at radius 2 is 2.07 bits per heavy atom. The van der Waals surface area contributed by atoms with Crippen LogP contribution in [0.1, 0.15) is 30.4 Å². The lowest BCUT2D eigenvalue weighted by Crippen LogP contribution is -2.38. The summed E-state index contributed by atoms with van der Waals surface area (Å²) < 4.78 is 32.6. The number of carbonyl (C=O) groups is 2. The molecule has 156 valence electrons. The van der Waals surface area contributed by atoms with E-state index < -0.39 is 23.5 Å². The molecule has 30 heavy (non-hydrogen) atoms. The van der Waals surface area contributed by atoms with E-state index >= 15 is 0 Å². The second-order valence-corrected chi connectivity index (χ2v) is 7.35. The van der Waals surface area contributed by atoms with E-state index in [2.05, 4.69) is 6.58 Å². The number of ether oxygens (including phenoxy) is 1. The predicted molar refractivity (Wildman–Crippen MR) is 110 cm³/mol. The van der Waals surface area contributed by atoms with Crippen LogP contribution in [0.4, 0.5) is 8.78 Å². The summed E-state index contributed by atoms with van der Waals surface area (Å²) in [5, 5.41) is 0.479. The summed E-state index contributed by atoms with van der Waals surface area (Å²) in [6.45, 7) is 5.03. The Labute approximate surface area is 178 Å². The van der Waals surface area contributed by atoms with E-state index in [0.717, 1.165) is 12.1 Å². The molecule has 1 aliphatic heterocycles. The van der Waals surface area contributed by atoms with Crippen molar-refractivity contribution in [1.82, 2.24) is 4.90 Å². The zero-order chi connectivity index (χ0) is 21.8. The van der Waals surface area contributed by atoms with Crippen LogP contribution in [0.2, 0.25) is 5.02 Å². The van der Waals surface area contributed by atoms with Crippen molar-refractivity contribution in [2.45, 2.75) is 25.8 Å². The number of hydrogen-bond acceptors (Lipinski definition) is 3. The SMILES string of the molecule is C=CCOC(=O)C1=C(C)N(Cc2ccc(F)cc2F)C(=O)CC1c1cccc(Cl)c1. The van der Waals surface area contributed by atoms with E-state index in [1.54, 1.807) is 31.2 Å². The fourth-order valence-electron chi connectivity index (χ4n) is 3.51. The Hall–Kier alpha value is -2.99. The summed E-state index contributed by atoms with van der Waals surface area (Å²) in [4.78, 5) is 27.1. The lowest BCUT2D eigenvalue weighted by Gasteiger charge is -2.34. The molecule has 0 bridgehead atoms. The van der Waals surface area contributed by atoms with Crippen LogP contribution in [0, 0.1) is 11.6 Å². The molecule has 1 amide bonds. The minimum absolute atomic E-state index is 0.0123. The lowest BCUT2D eigenvalue weighted by atomic mass is 9.83. The number of amides is 1. The molecular weight excluding hydrogens is 412 g/mol. The van der Waals surface area contributed by atoms with Crippen molar-refractivity contribution in [3.8, 4) is 0 Å². The average molecular weight is 432 g/mol. The number of nitrogens with zero attached hydrogens (tertiary/aromatic N) is 1. The standard InChI is InChI=1S/C23H20ClF2NO3/c1-3-9-30-23(29)22-14(2)27(13-16-7-8-18(25)11-20(16)26)21(28)12-19(22)15-5-4-6-17(24)10-15/h3-8,10-11,19H,1,9,12-13H2,2H3. The Kier molecular flexibility index (Phi) is 6.67. The van der Waals surface area contributed by atoms with Crippen LogP contribution in [0.25, 0.3) is 0 Å². The largest absolute Gasteiger partial charge is 0.458 e. The Balaban J connectivity index is 2.04. The summed E-state index contributed by atoms with van der Waals surface area (Å²) in [7, 11) is 0. The highest BCUT2D eigenvalue weighted by Crippen LogP contribution is 2.38. The minimum Gasteiger partial charge on any atom is -0.458 e. The van der Waals surface area contributed by atoms with Crippen molar-refractivity contribution in [3.05, 3.63) is 94.2 Å². The molecule has 1 atom stereocenters. The van der Waals surface area contributed by atoms with Gasteiger partial charge in [0.1, 0.15) is 18.2 Å². The average Bonchev–Trinajstić information content (AvgIpc) is 2.70. The van der Waals surface area contributed by atoms with Gasteiger partial charge in [0.05, 0.1) is 12.1 Å². The van der Waals surface area contributed by atoms with E-state index in [-0.39, 0.29) is 31.0 Å². The first kappa shape index (κ1) is 21.7. The van der Waals surface area contributed by atoms with Crippen LogP contribution in [0.3, 0.4) is 0 Å². The zero-order valence-electron chi connectivity index (χ0n) is 16.3. The summed E-state index contributed by atoms with van der Waals surface area (Å²) in [6, 6.07) is 10.1. The van der Waals surface area contributed by atoms with Crippen LogP contribution in [-0.2, 0) is 20.9 Å². The number of benzene rings is 2. The fraction of sp³-hybridized carbons (Fsp3) is 0.217. The predicted octanol–water partition coefficient (Wildman–Crippen LogP) is 5.14. The van der Waals surface area contributed by atoms with Gasteiger partial charge in [-0.3, -0.25) is 4.79 Å². The molecule has 0 N–H and O–H groups in total. The molecule has 7 heteroatoms. The Bertz CT molecular complexity index is 1030. The quantitative estimate of drug-likeness (QED) is 0.470. The smallest absolute Gasteiger partial charge is 0.336 e. The third-order valence-electron chi connectivity index (χ3n) is 4.97. The van der Waals surface area contributed by atoms with E-state index in [9.17, 15) is 18.4 Å². The summed E-state index contributed by atoms with van der Waals surface area (Å²) in [5.41, 5.74) is 1.49. The van der Waals surface area contributed by atoms with Crippen molar-refractivity contribution in [2.75, 3.05) is 6.61 Å². The summed E-state index contributed by atoms with van der Waals surface area (Å²) >= 11 is 6.10. The van der Waals surface area contributed by atoms with E-state index in [1.807, 2.05) is 0 Å². The highest BCUT2D eigenvalue weighted by molar-refractivity contribution is 6.30. The molecule has 0 saturated heterocycles. The second-order valence-electron chi connectivity index (χ2n) is 6.91.